The number of halogens is 3. The fraction of sp³-hybridized carbons (Fsp3) is 0.214. The molecule has 202 valence electrons. The quantitative estimate of drug-likeness (QED) is 0.249. The van der Waals surface area contributed by atoms with Crippen LogP contribution in [0.5, 0.6) is 0 Å². The van der Waals surface area contributed by atoms with Gasteiger partial charge in [0.25, 0.3) is 5.91 Å². The van der Waals surface area contributed by atoms with E-state index in [0.29, 0.717) is 39.9 Å². The van der Waals surface area contributed by atoms with E-state index < -0.39 is 23.7 Å². The molecular formula is C28H24Cl2FN3O4S. The first-order chi connectivity index (χ1) is 18.7. The van der Waals surface area contributed by atoms with Crippen molar-refractivity contribution in [2.75, 3.05) is 23.4 Å². The maximum absolute atomic E-state index is 13.6. The summed E-state index contributed by atoms with van der Waals surface area (Å²) in [7, 11) is 0. The number of amides is 2. The lowest BCUT2D eigenvalue weighted by Gasteiger charge is -2.24. The zero-order valence-corrected chi connectivity index (χ0v) is 23.2. The Morgan fingerprint density at radius 1 is 1.05 bits per heavy atom. The summed E-state index contributed by atoms with van der Waals surface area (Å²) in [5, 5.41) is 3.90. The highest BCUT2D eigenvalue weighted by atomic mass is 35.5. The summed E-state index contributed by atoms with van der Waals surface area (Å²) in [6, 6.07) is 15.9. The number of hydrogen-bond donors (Lipinski definition) is 1. The van der Waals surface area contributed by atoms with Gasteiger partial charge in [-0.1, -0.05) is 29.3 Å². The summed E-state index contributed by atoms with van der Waals surface area (Å²) in [5.74, 6) is -1.73. The molecule has 1 fully saturated rings. The molecule has 3 aromatic rings. The smallest absolute Gasteiger partial charge is 0.338 e. The topological polar surface area (TPSA) is 78.9 Å². The van der Waals surface area contributed by atoms with Crippen LogP contribution in [0.3, 0.4) is 0 Å². The number of benzene rings is 3. The number of ether oxygens (including phenoxy) is 1. The predicted molar refractivity (Wildman–Crippen MR) is 153 cm³/mol. The van der Waals surface area contributed by atoms with Gasteiger partial charge in [-0.05, 0) is 91.8 Å². The third kappa shape index (κ3) is 6.73. The number of hydrogen-bond acceptors (Lipinski definition) is 5. The number of nitrogens with zero attached hydrogens (tertiary/aromatic N) is 2. The van der Waals surface area contributed by atoms with Gasteiger partial charge in [-0.3, -0.25) is 14.5 Å². The molecule has 0 saturated carbocycles. The van der Waals surface area contributed by atoms with E-state index in [1.807, 2.05) is 0 Å². The van der Waals surface area contributed by atoms with Gasteiger partial charge in [0, 0.05) is 22.3 Å². The van der Waals surface area contributed by atoms with Crippen LogP contribution < -0.4 is 10.2 Å². The van der Waals surface area contributed by atoms with Gasteiger partial charge >= 0.3 is 5.97 Å². The number of nitrogens with one attached hydrogen (secondary N) is 1. The summed E-state index contributed by atoms with van der Waals surface area (Å²) in [6.07, 6.45) is 0.247. The molecule has 3 aromatic carbocycles. The Morgan fingerprint density at radius 2 is 1.74 bits per heavy atom. The second kappa shape index (κ2) is 12.5. The second-order valence-corrected chi connectivity index (χ2v) is 9.89. The number of esters is 1. The highest BCUT2D eigenvalue weighted by Crippen LogP contribution is 2.29. The van der Waals surface area contributed by atoms with E-state index in [0.717, 1.165) is 5.56 Å². The van der Waals surface area contributed by atoms with E-state index in [9.17, 15) is 18.8 Å². The predicted octanol–water partition coefficient (Wildman–Crippen LogP) is 5.88. The zero-order chi connectivity index (χ0) is 28.1. The maximum atomic E-state index is 13.6. The molecule has 1 aliphatic rings. The first kappa shape index (κ1) is 28.5. The summed E-state index contributed by atoms with van der Waals surface area (Å²) >= 11 is 18.1. The largest absolute Gasteiger partial charge is 0.462 e. The summed E-state index contributed by atoms with van der Waals surface area (Å²) in [5.41, 5.74) is 2.00. The van der Waals surface area contributed by atoms with Gasteiger partial charge in [0.05, 0.1) is 24.3 Å². The average Bonchev–Trinajstić information content (AvgIpc) is 3.13. The third-order valence-electron chi connectivity index (χ3n) is 6.10. The van der Waals surface area contributed by atoms with Crippen molar-refractivity contribution in [1.29, 1.82) is 0 Å². The zero-order valence-electron chi connectivity index (χ0n) is 20.8. The van der Waals surface area contributed by atoms with Crippen molar-refractivity contribution < 1.29 is 23.5 Å². The number of carbonyl (C=O) groups excluding carboxylic acids is 3. The van der Waals surface area contributed by atoms with E-state index in [1.54, 1.807) is 54.3 Å². The molecule has 0 radical (unpaired) electrons. The van der Waals surface area contributed by atoms with Crippen LogP contribution in [0, 0.1) is 5.82 Å². The monoisotopic (exact) mass is 587 g/mol. The normalized spacial score (nSPS) is 15.0. The van der Waals surface area contributed by atoms with Gasteiger partial charge in [-0.2, -0.15) is 0 Å². The molecule has 1 atom stereocenters. The second-order valence-electron chi connectivity index (χ2n) is 8.68. The van der Waals surface area contributed by atoms with Crippen molar-refractivity contribution in [3.63, 3.8) is 0 Å². The molecule has 0 aromatic heterocycles. The van der Waals surface area contributed by atoms with Crippen LogP contribution in [0.15, 0.2) is 66.7 Å². The van der Waals surface area contributed by atoms with Crippen LogP contribution >= 0.6 is 35.4 Å². The summed E-state index contributed by atoms with van der Waals surface area (Å²) < 4.78 is 18.3. The molecule has 11 heteroatoms. The Hall–Kier alpha value is -3.53. The lowest BCUT2D eigenvalue weighted by molar-refractivity contribution is -0.124. The maximum Gasteiger partial charge on any atom is 0.338 e. The Kier molecular flexibility index (Phi) is 9.16. The van der Waals surface area contributed by atoms with Crippen LogP contribution in [0.2, 0.25) is 10.0 Å². The van der Waals surface area contributed by atoms with Gasteiger partial charge in [0.1, 0.15) is 11.9 Å². The van der Waals surface area contributed by atoms with Crippen molar-refractivity contribution in [2.24, 2.45) is 0 Å². The van der Waals surface area contributed by atoms with Gasteiger partial charge < -0.3 is 15.0 Å². The number of carbonyl (C=O) groups is 3. The first-order valence-electron chi connectivity index (χ1n) is 12.1. The van der Waals surface area contributed by atoms with Crippen LogP contribution in [0.4, 0.5) is 15.8 Å². The highest BCUT2D eigenvalue weighted by molar-refractivity contribution is 7.80. The van der Waals surface area contributed by atoms with Gasteiger partial charge in [-0.25, -0.2) is 9.18 Å². The molecular weight excluding hydrogens is 564 g/mol. The highest BCUT2D eigenvalue weighted by Gasteiger charge is 2.44. The fourth-order valence-electron chi connectivity index (χ4n) is 4.17. The van der Waals surface area contributed by atoms with Crippen molar-refractivity contribution in [3.8, 4) is 0 Å². The molecule has 0 bridgehead atoms. The Balaban J connectivity index is 1.57. The Morgan fingerprint density at radius 3 is 2.38 bits per heavy atom. The van der Waals surface area contributed by atoms with E-state index in [-0.39, 0.29) is 24.0 Å². The average molecular weight is 588 g/mol. The summed E-state index contributed by atoms with van der Waals surface area (Å²) in [4.78, 5) is 41.6. The lowest BCUT2D eigenvalue weighted by Crippen LogP contribution is -2.39. The summed E-state index contributed by atoms with van der Waals surface area (Å²) in [6.45, 7) is 2.26. The number of anilines is 2. The van der Waals surface area contributed by atoms with E-state index in [1.165, 1.54) is 29.2 Å². The van der Waals surface area contributed by atoms with E-state index in [2.05, 4.69) is 5.32 Å². The molecule has 4 rings (SSSR count). The molecule has 1 unspecified atom stereocenters. The first-order valence-corrected chi connectivity index (χ1v) is 13.3. The minimum Gasteiger partial charge on any atom is -0.462 e. The molecule has 1 N–H and O–H groups in total. The molecule has 1 aliphatic heterocycles. The van der Waals surface area contributed by atoms with Crippen molar-refractivity contribution >= 4 is 69.7 Å². The molecule has 0 spiro atoms. The number of thiocarbonyl (C=S) groups is 1. The van der Waals surface area contributed by atoms with Crippen LogP contribution in [-0.4, -0.2) is 47.0 Å². The molecule has 1 heterocycles. The Labute approximate surface area is 240 Å². The van der Waals surface area contributed by atoms with Crippen molar-refractivity contribution in [2.45, 2.75) is 25.8 Å². The van der Waals surface area contributed by atoms with Crippen LogP contribution in [-0.2, 0) is 20.7 Å². The van der Waals surface area contributed by atoms with E-state index >= 15 is 0 Å². The SMILES string of the molecule is CCOC(=O)c1ccc(N2C(=O)C(CC(=O)Nc3ccc(F)cc3)N(CCc3ccc(Cl)cc3Cl)C2=S)cc1. The standard InChI is InChI=1S/C28H24Cl2FN3O4S/c1-2-38-27(37)18-4-11-22(12-5-18)34-26(36)24(16-25(35)32-21-9-7-20(31)8-10-21)33(28(34)39)14-13-17-3-6-19(29)15-23(17)30/h3-12,15,24H,2,13-14,16H2,1H3,(H,32,35). The number of rotatable bonds is 9. The van der Waals surface area contributed by atoms with Gasteiger partial charge in [-0.15, -0.1) is 0 Å². The van der Waals surface area contributed by atoms with Crippen molar-refractivity contribution in [1.82, 2.24) is 4.90 Å². The fourth-order valence-corrected chi connectivity index (χ4v) is 5.09. The molecule has 0 aliphatic carbocycles. The lowest BCUT2D eigenvalue weighted by atomic mass is 10.1. The third-order valence-corrected chi connectivity index (χ3v) is 7.10. The molecule has 1 saturated heterocycles. The van der Waals surface area contributed by atoms with Crippen LogP contribution in [0.1, 0.15) is 29.3 Å². The van der Waals surface area contributed by atoms with E-state index in [4.69, 9.17) is 40.2 Å². The molecule has 39 heavy (non-hydrogen) atoms. The van der Waals surface area contributed by atoms with Crippen LogP contribution in [0.25, 0.3) is 0 Å². The molecule has 7 nitrogen and oxygen atoms in total. The van der Waals surface area contributed by atoms with Crippen molar-refractivity contribution in [3.05, 3.63) is 93.7 Å². The minimum absolute atomic E-state index is 0.192. The van der Waals surface area contributed by atoms with Gasteiger partial charge in [0.15, 0.2) is 5.11 Å². The molecule has 2 amide bonds. The minimum atomic E-state index is -0.895. The van der Waals surface area contributed by atoms with Gasteiger partial charge in [0.2, 0.25) is 5.91 Å². The Bertz CT molecular complexity index is 1400.